The van der Waals surface area contributed by atoms with Gasteiger partial charge in [-0.25, -0.2) is 0 Å². The van der Waals surface area contributed by atoms with E-state index in [-0.39, 0.29) is 0 Å². The highest BCUT2D eigenvalue weighted by Crippen LogP contribution is 2.40. The van der Waals surface area contributed by atoms with Crippen molar-refractivity contribution in [2.24, 2.45) is 5.92 Å². The zero-order valence-corrected chi connectivity index (χ0v) is 10.9. The van der Waals surface area contributed by atoms with E-state index in [2.05, 4.69) is 15.9 Å². The van der Waals surface area contributed by atoms with Gasteiger partial charge in [-0.1, -0.05) is 0 Å². The van der Waals surface area contributed by atoms with Crippen LogP contribution in [-0.4, -0.2) is 18.3 Å². The Morgan fingerprint density at radius 2 is 2.12 bits per heavy atom. The smallest absolute Gasteiger partial charge is 0.175 e. The van der Waals surface area contributed by atoms with Gasteiger partial charge in [0, 0.05) is 0 Å². The normalized spacial score (nSPS) is 17.1. The van der Waals surface area contributed by atoms with Crippen molar-refractivity contribution in [2.45, 2.75) is 13.0 Å². The second-order valence-corrected chi connectivity index (χ2v) is 4.74. The molecule has 1 N–H and O–H groups in total. The fourth-order valence-electron chi connectivity index (χ4n) is 1.66. The number of aliphatic hydroxyl groups is 1. The van der Waals surface area contributed by atoms with Crippen molar-refractivity contribution in [2.75, 3.05) is 13.2 Å². The molecule has 5 heteroatoms. The highest BCUT2D eigenvalue weighted by Gasteiger charge is 2.22. The topological polar surface area (TPSA) is 62.5 Å². The number of nitriles is 1. The number of hydrogen-bond donors (Lipinski definition) is 1. The van der Waals surface area contributed by atoms with Crippen molar-refractivity contribution in [1.82, 2.24) is 0 Å². The molecule has 0 fully saturated rings. The highest BCUT2D eigenvalue weighted by atomic mass is 79.9. The maximum Gasteiger partial charge on any atom is 0.175 e. The average Bonchev–Trinajstić information content (AvgIpc) is 2.37. The Morgan fingerprint density at radius 3 is 2.82 bits per heavy atom. The molecule has 1 aliphatic rings. The zero-order chi connectivity index (χ0) is 12.4. The summed E-state index contributed by atoms with van der Waals surface area (Å²) in [5, 5.41) is 18.8. The molecule has 0 saturated carbocycles. The van der Waals surface area contributed by atoms with Crippen molar-refractivity contribution in [3.05, 3.63) is 22.2 Å². The van der Waals surface area contributed by atoms with E-state index in [1.54, 1.807) is 19.1 Å². The fourth-order valence-corrected chi connectivity index (χ4v) is 2.24. The average molecular weight is 298 g/mol. The van der Waals surface area contributed by atoms with Gasteiger partial charge in [0.25, 0.3) is 0 Å². The van der Waals surface area contributed by atoms with Gasteiger partial charge in [-0.2, -0.15) is 5.26 Å². The number of fused-ring (bicyclic) bond motifs is 1. The molecule has 0 aromatic heterocycles. The van der Waals surface area contributed by atoms with Crippen LogP contribution in [0.25, 0.3) is 0 Å². The van der Waals surface area contributed by atoms with E-state index >= 15 is 0 Å². The van der Waals surface area contributed by atoms with Crippen LogP contribution in [0.5, 0.6) is 11.5 Å². The Hall–Kier alpha value is -1.25. The largest absolute Gasteiger partial charge is 0.486 e. The molecule has 0 radical (unpaired) electrons. The molecule has 4 nitrogen and oxygen atoms in total. The number of aliphatic hydroxyl groups excluding tert-OH is 1. The minimum atomic E-state index is -0.827. The predicted molar refractivity (Wildman–Crippen MR) is 64.9 cm³/mol. The molecule has 0 aliphatic carbocycles. The van der Waals surface area contributed by atoms with E-state index in [9.17, 15) is 5.11 Å². The lowest BCUT2D eigenvalue weighted by Crippen LogP contribution is -2.16. The standard InChI is InChI=1S/C12H12BrNO3/c1-7(6-14)11(15)8-4-9(13)12-10(5-8)16-2-3-17-12/h4-5,7,11,15H,2-3H2,1H3. The summed E-state index contributed by atoms with van der Waals surface area (Å²) >= 11 is 3.37. The lowest BCUT2D eigenvalue weighted by Gasteiger charge is -2.22. The third-order valence-corrected chi connectivity index (χ3v) is 3.23. The monoisotopic (exact) mass is 297 g/mol. The second kappa shape index (κ2) is 4.94. The van der Waals surface area contributed by atoms with Crippen LogP contribution in [-0.2, 0) is 0 Å². The zero-order valence-electron chi connectivity index (χ0n) is 9.31. The van der Waals surface area contributed by atoms with E-state index in [1.165, 1.54) is 0 Å². The number of benzene rings is 1. The molecule has 1 heterocycles. The summed E-state index contributed by atoms with van der Waals surface area (Å²) in [7, 11) is 0. The maximum absolute atomic E-state index is 9.98. The molecule has 17 heavy (non-hydrogen) atoms. The van der Waals surface area contributed by atoms with E-state index in [1.807, 2.05) is 6.07 Å². The van der Waals surface area contributed by atoms with Gasteiger partial charge in [0.2, 0.25) is 0 Å². The molecule has 0 bridgehead atoms. The molecule has 2 atom stereocenters. The lowest BCUT2D eigenvalue weighted by atomic mass is 9.98. The summed E-state index contributed by atoms with van der Waals surface area (Å²) in [5.41, 5.74) is 0.648. The first-order valence-corrected chi connectivity index (χ1v) is 6.09. The third-order valence-electron chi connectivity index (χ3n) is 2.64. The second-order valence-electron chi connectivity index (χ2n) is 3.89. The molecule has 1 aliphatic heterocycles. The Morgan fingerprint density at radius 1 is 1.41 bits per heavy atom. The highest BCUT2D eigenvalue weighted by molar-refractivity contribution is 9.10. The van der Waals surface area contributed by atoms with Crippen molar-refractivity contribution in [1.29, 1.82) is 5.26 Å². The molecule has 1 aromatic rings. The first kappa shape index (κ1) is 12.2. The third kappa shape index (κ3) is 2.38. The molecule has 2 unspecified atom stereocenters. The summed E-state index contributed by atoms with van der Waals surface area (Å²) in [6.07, 6.45) is -0.827. The molecule has 0 saturated heterocycles. The number of halogens is 1. The summed E-state index contributed by atoms with van der Waals surface area (Å²) in [6.45, 7) is 2.68. The minimum absolute atomic E-state index is 0.468. The van der Waals surface area contributed by atoms with E-state index in [0.717, 1.165) is 4.47 Å². The van der Waals surface area contributed by atoms with Gasteiger partial charge in [-0.05, 0) is 40.5 Å². The summed E-state index contributed by atoms with van der Waals surface area (Å²) in [5.74, 6) is 0.783. The number of rotatable bonds is 2. The van der Waals surface area contributed by atoms with Gasteiger partial charge in [-0.3, -0.25) is 0 Å². The van der Waals surface area contributed by atoms with Crippen LogP contribution >= 0.6 is 15.9 Å². The molecule has 1 aromatic carbocycles. The Bertz CT molecular complexity index is 470. The van der Waals surface area contributed by atoms with E-state index in [0.29, 0.717) is 30.3 Å². The Labute approximate surface area is 108 Å². The van der Waals surface area contributed by atoms with Crippen molar-refractivity contribution in [3.63, 3.8) is 0 Å². The van der Waals surface area contributed by atoms with E-state index < -0.39 is 12.0 Å². The van der Waals surface area contributed by atoms with Crippen LogP contribution in [0, 0.1) is 17.2 Å². The van der Waals surface area contributed by atoms with Gasteiger partial charge in [-0.15, -0.1) is 0 Å². The molecular weight excluding hydrogens is 286 g/mol. The van der Waals surface area contributed by atoms with Crippen molar-refractivity contribution < 1.29 is 14.6 Å². The first-order valence-electron chi connectivity index (χ1n) is 5.30. The Kier molecular flexibility index (Phi) is 3.55. The first-order chi connectivity index (χ1) is 8.13. The summed E-state index contributed by atoms with van der Waals surface area (Å²) in [6, 6.07) is 5.50. The molecule has 2 rings (SSSR count). The molecule has 0 amide bonds. The van der Waals surface area contributed by atoms with Crippen LogP contribution in [0.4, 0.5) is 0 Å². The fraction of sp³-hybridized carbons (Fsp3) is 0.417. The molecule has 0 spiro atoms. The van der Waals surface area contributed by atoms with Crippen molar-refractivity contribution in [3.8, 4) is 17.6 Å². The predicted octanol–water partition coefficient (Wildman–Crippen LogP) is 2.41. The lowest BCUT2D eigenvalue weighted by molar-refractivity contribution is 0.139. The minimum Gasteiger partial charge on any atom is -0.486 e. The summed E-state index contributed by atoms with van der Waals surface area (Å²) in [4.78, 5) is 0. The SMILES string of the molecule is CC(C#N)C(O)c1cc(Br)c2c(c1)OCCO2. The molecule has 90 valence electrons. The van der Waals surface area contributed by atoms with Gasteiger partial charge in [0.15, 0.2) is 11.5 Å². The van der Waals surface area contributed by atoms with Crippen LogP contribution in [0.3, 0.4) is 0 Å². The number of nitrogens with zero attached hydrogens (tertiary/aromatic N) is 1. The Balaban J connectivity index is 2.37. The number of ether oxygens (including phenoxy) is 2. The van der Waals surface area contributed by atoms with Crippen LogP contribution < -0.4 is 9.47 Å². The van der Waals surface area contributed by atoms with Gasteiger partial charge >= 0.3 is 0 Å². The van der Waals surface area contributed by atoms with Crippen LogP contribution in [0.2, 0.25) is 0 Å². The van der Waals surface area contributed by atoms with Crippen LogP contribution in [0.1, 0.15) is 18.6 Å². The maximum atomic E-state index is 9.98. The van der Waals surface area contributed by atoms with Gasteiger partial charge in [0.1, 0.15) is 13.2 Å². The van der Waals surface area contributed by atoms with Gasteiger partial charge in [0.05, 0.1) is 22.6 Å². The van der Waals surface area contributed by atoms with Gasteiger partial charge < -0.3 is 14.6 Å². The van der Waals surface area contributed by atoms with Crippen molar-refractivity contribution >= 4 is 15.9 Å². The quantitative estimate of drug-likeness (QED) is 0.910. The van der Waals surface area contributed by atoms with E-state index in [4.69, 9.17) is 14.7 Å². The van der Waals surface area contributed by atoms with Crippen LogP contribution in [0.15, 0.2) is 16.6 Å². The number of hydrogen-bond acceptors (Lipinski definition) is 4. The molecular formula is C12H12BrNO3. The summed E-state index contributed by atoms with van der Waals surface area (Å²) < 4.78 is 11.6.